The fraction of sp³-hybridized carbons (Fsp3) is 0.0714. The average molecular weight is 294 g/mol. The molecule has 0 aromatic heterocycles. The van der Waals surface area contributed by atoms with Crippen LogP contribution in [0.3, 0.4) is 0 Å². The highest BCUT2D eigenvalue weighted by Crippen LogP contribution is 2.30. The van der Waals surface area contributed by atoms with E-state index < -0.39 is 5.97 Å². The molecule has 5 heteroatoms. The number of hydrogen-bond acceptors (Lipinski definition) is 3. The molecule has 0 aliphatic rings. The van der Waals surface area contributed by atoms with Crippen molar-refractivity contribution in [3.8, 4) is 0 Å². The summed E-state index contributed by atoms with van der Waals surface area (Å²) in [6, 6.07) is 12.2. The van der Waals surface area contributed by atoms with E-state index in [9.17, 15) is 4.79 Å². The summed E-state index contributed by atoms with van der Waals surface area (Å²) in [5, 5.41) is 9.53. The molecule has 0 amide bonds. The summed E-state index contributed by atoms with van der Waals surface area (Å²) in [7, 11) is 0. The topological polar surface area (TPSA) is 63.3 Å². The van der Waals surface area contributed by atoms with Crippen molar-refractivity contribution in [1.29, 1.82) is 0 Å². The van der Waals surface area contributed by atoms with E-state index in [0.717, 1.165) is 10.5 Å². The fourth-order valence-electron chi connectivity index (χ4n) is 1.61. The molecular weight excluding hydrogens is 282 g/mol. The highest BCUT2D eigenvalue weighted by Gasteiger charge is 2.05. The van der Waals surface area contributed by atoms with E-state index in [0.29, 0.717) is 22.0 Å². The minimum atomic E-state index is -0.919. The Labute approximate surface area is 120 Å². The zero-order chi connectivity index (χ0) is 13.8. The monoisotopic (exact) mass is 293 g/mol. The lowest BCUT2D eigenvalue weighted by Crippen LogP contribution is -1.96. The van der Waals surface area contributed by atoms with Crippen LogP contribution in [0.1, 0.15) is 15.9 Å². The standard InChI is InChI=1S/C14H12ClNO2S/c15-11-4-5-13(12(16)7-11)19-8-9-2-1-3-10(6-9)14(17)18/h1-7H,8,16H2,(H,17,18). The summed E-state index contributed by atoms with van der Waals surface area (Å²) < 4.78 is 0. The lowest BCUT2D eigenvalue weighted by atomic mass is 10.1. The Morgan fingerprint density at radius 1 is 1.26 bits per heavy atom. The molecule has 0 aliphatic carbocycles. The Morgan fingerprint density at radius 2 is 2.05 bits per heavy atom. The Hall–Kier alpha value is -1.65. The average Bonchev–Trinajstić information content (AvgIpc) is 2.38. The quantitative estimate of drug-likeness (QED) is 0.662. The largest absolute Gasteiger partial charge is 0.478 e. The minimum Gasteiger partial charge on any atom is -0.478 e. The number of carboxylic acid groups (broad SMARTS) is 1. The fourth-order valence-corrected chi connectivity index (χ4v) is 2.68. The zero-order valence-corrected chi connectivity index (χ0v) is 11.5. The van der Waals surface area contributed by atoms with Crippen molar-refractivity contribution in [3.05, 3.63) is 58.6 Å². The molecule has 0 saturated carbocycles. The van der Waals surface area contributed by atoms with Gasteiger partial charge in [-0.1, -0.05) is 23.7 Å². The Kier molecular flexibility index (Phi) is 4.35. The first-order valence-corrected chi connectivity index (χ1v) is 6.92. The molecule has 98 valence electrons. The van der Waals surface area contributed by atoms with E-state index in [1.54, 1.807) is 42.1 Å². The molecule has 0 bridgehead atoms. The van der Waals surface area contributed by atoms with Gasteiger partial charge in [0, 0.05) is 21.4 Å². The number of anilines is 1. The van der Waals surface area contributed by atoms with Crippen LogP contribution in [0.2, 0.25) is 5.02 Å². The summed E-state index contributed by atoms with van der Waals surface area (Å²) >= 11 is 7.39. The van der Waals surface area contributed by atoms with E-state index in [4.69, 9.17) is 22.4 Å². The van der Waals surface area contributed by atoms with Gasteiger partial charge in [0.1, 0.15) is 0 Å². The van der Waals surface area contributed by atoms with Crippen molar-refractivity contribution in [2.24, 2.45) is 0 Å². The van der Waals surface area contributed by atoms with Gasteiger partial charge in [-0.25, -0.2) is 4.79 Å². The van der Waals surface area contributed by atoms with Crippen LogP contribution < -0.4 is 5.73 Å². The SMILES string of the molecule is Nc1cc(Cl)ccc1SCc1cccc(C(=O)O)c1. The number of hydrogen-bond donors (Lipinski definition) is 2. The van der Waals surface area contributed by atoms with Gasteiger partial charge in [-0.2, -0.15) is 0 Å². The van der Waals surface area contributed by atoms with Crippen LogP contribution in [0.4, 0.5) is 5.69 Å². The third kappa shape index (κ3) is 3.66. The van der Waals surface area contributed by atoms with Crippen LogP contribution in [-0.2, 0) is 5.75 Å². The molecule has 0 heterocycles. The second kappa shape index (κ2) is 5.99. The molecule has 0 aliphatic heterocycles. The first kappa shape index (κ1) is 13.8. The van der Waals surface area contributed by atoms with Gasteiger partial charge < -0.3 is 10.8 Å². The molecule has 0 fully saturated rings. The molecule has 3 N–H and O–H groups in total. The maximum absolute atomic E-state index is 10.9. The number of halogens is 1. The van der Waals surface area contributed by atoms with Crippen molar-refractivity contribution < 1.29 is 9.90 Å². The van der Waals surface area contributed by atoms with Crippen LogP contribution in [0.5, 0.6) is 0 Å². The van der Waals surface area contributed by atoms with Gasteiger partial charge in [-0.3, -0.25) is 0 Å². The van der Waals surface area contributed by atoms with Gasteiger partial charge in [-0.05, 0) is 35.9 Å². The van der Waals surface area contributed by atoms with Gasteiger partial charge in [0.2, 0.25) is 0 Å². The second-order valence-corrected chi connectivity index (χ2v) is 5.43. The Morgan fingerprint density at radius 3 is 2.74 bits per heavy atom. The van der Waals surface area contributed by atoms with E-state index in [1.807, 2.05) is 12.1 Å². The lowest BCUT2D eigenvalue weighted by molar-refractivity contribution is 0.0697. The molecule has 2 rings (SSSR count). The van der Waals surface area contributed by atoms with Gasteiger partial charge in [0.25, 0.3) is 0 Å². The molecule has 0 unspecified atom stereocenters. The Bertz CT molecular complexity index is 616. The minimum absolute atomic E-state index is 0.294. The summed E-state index contributed by atoms with van der Waals surface area (Å²) in [4.78, 5) is 11.8. The molecule has 0 spiro atoms. The maximum Gasteiger partial charge on any atom is 0.335 e. The number of benzene rings is 2. The summed E-state index contributed by atoms with van der Waals surface area (Å²) in [5.74, 6) is -0.259. The Balaban J connectivity index is 2.10. The van der Waals surface area contributed by atoms with Crippen molar-refractivity contribution in [2.75, 3.05) is 5.73 Å². The van der Waals surface area contributed by atoms with Gasteiger partial charge in [0.05, 0.1) is 5.56 Å². The van der Waals surface area contributed by atoms with Crippen molar-refractivity contribution >= 4 is 35.0 Å². The molecular formula is C14H12ClNO2S. The first-order valence-electron chi connectivity index (χ1n) is 5.56. The lowest BCUT2D eigenvalue weighted by Gasteiger charge is -2.06. The van der Waals surface area contributed by atoms with E-state index in [2.05, 4.69) is 0 Å². The van der Waals surface area contributed by atoms with Crippen LogP contribution in [0.15, 0.2) is 47.4 Å². The van der Waals surface area contributed by atoms with Crippen molar-refractivity contribution in [3.63, 3.8) is 0 Å². The number of aromatic carboxylic acids is 1. The van der Waals surface area contributed by atoms with Crippen LogP contribution >= 0.6 is 23.4 Å². The van der Waals surface area contributed by atoms with Crippen LogP contribution in [-0.4, -0.2) is 11.1 Å². The highest BCUT2D eigenvalue weighted by molar-refractivity contribution is 7.98. The molecule has 0 atom stereocenters. The third-order valence-electron chi connectivity index (χ3n) is 2.54. The predicted octanol–water partition coefficient (Wildman–Crippen LogP) is 3.91. The van der Waals surface area contributed by atoms with E-state index in [-0.39, 0.29) is 0 Å². The number of nitrogens with two attached hydrogens (primary N) is 1. The number of rotatable bonds is 4. The van der Waals surface area contributed by atoms with Gasteiger partial charge in [-0.15, -0.1) is 11.8 Å². The molecule has 3 nitrogen and oxygen atoms in total. The molecule has 0 saturated heterocycles. The van der Waals surface area contributed by atoms with Crippen molar-refractivity contribution in [1.82, 2.24) is 0 Å². The molecule has 0 radical (unpaired) electrons. The maximum atomic E-state index is 10.9. The molecule has 2 aromatic carbocycles. The second-order valence-electron chi connectivity index (χ2n) is 3.98. The smallest absolute Gasteiger partial charge is 0.335 e. The molecule has 2 aromatic rings. The number of carbonyl (C=O) groups is 1. The van der Waals surface area contributed by atoms with E-state index >= 15 is 0 Å². The van der Waals surface area contributed by atoms with Crippen molar-refractivity contribution in [2.45, 2.75) is 10.6 Å². The predicted molar refractivity (Wildman–Crippen MR) is 78.8 cm³/mol. The van der Waals surface area contributed by atoms with Crippen LogP contribution in [0.25, 0.3) is 0 Å². The summed E-state index contributed by atoms with van der Waals surface area (Å²) in [6.45, 7) is 0. The van der Waals surface area contributed by atoms with Crippen LogP contribution in [0, 0.1) is 0 Å². The first-order chi connectivity index (χ1) is 9.06. The van der Waals surface area contributed by atoms with Gasteiger partial charge >= 0.3 is 5.97 Å². The normalized spacial score (nSPS) is 10.4. The van der Waals surface area contributed by atoms with Gasteiger partial charge in [0.15, 0.2) is 0 Å². The number of carboxylic acids is 1. The highest BCUT2D eigenvalue weighted by atomic mass is 35.5. The van der Waals surface area contributed by atoms with E-state index in [1.165, 1.54) is 0 Å². The summed E-state index contributed by atoms with van der Waals surface area (Å²) in [6.07, 6.45) is 0. The number of nitrogen functional groups attached to an aromatic ring is 1. The third-order valence-corrected chi connectivity index (χ3v) is 3.94. The zero-order valence-electron chi connectivity index (χ0n) is 9.97. The molecule has 19 heavy (non-hydrogen) atoms. The number of thioether (sulfide) groups is 1. The summed E-state index contributed by atoms with van der Waals surface area (Å²) in [5.41, 5.74) is 7.73.